The lowest BCUT2D eigenvalue weighted by molar-refractivity contribution is 0.0157. The number of benzene rings is 1. The molecule has 0 saturated heterocycles. The number of nitrogens with one attached hydrogen (secondary N) is 1. The van der Waals surface area contributed by atoms with Gasteiger partial charge in [-0.1, -0.05) is 41.9 Å². The third-order valence-corrected chi connectivity index (χ3v) is 3.41. The summed E-state index contributed by atoms with van der Waals surface area (Å²) >= 11 is 5.90. The number of hydrogen-bond acceptors (Lipinski definition) is 5. The summed E-state index contributed by atoms with van der Waals surface area (Å²) in [6.45, 7) is -0.0704. The number of aliphatic hydroxyl groups excluding tert-OH is 2. The summed E-state index contributed by atoms with van der Waals surface area (Å²) in [4.78, 5) is 11.6. The second kappa shape index (κ2) is 7.96. The largest absolute Gasteiger partial charge is 0.445 e. The van der Waals surface area contributed by atoms with E-state index in [1.807, 2.05) is 30.3 Å². The van der Waals surface area contributed by atoms with Gasteiger partial charge >= 0.3 is 6.09 Å². The molecular weight excluding hydrogens is 322 g/mol. The Morgan fingerprint density at radius 2 is 2.09 bits per heavy atom. The van der Waals surface area contributed by atoms with E-state index < -0.39 is 18.3 Å². The molecule has 2 unspecified atom stereocenters. The highest BCUT2D eigenvalue weighted by atomic mass is 35.5. The summed E-state index contributed by atoms with van der Waals surface area (Å²) in [5.41, 5.74) is 1.00. The van der Waals surface area contributed by atoms with Gasteiger partial charge in [0.05, 0.1) is 5.02 Å². The second-order valence-corrected chi connectivity index (χ2v) is 5.40. The van der Waals surface area contributed by atoms with E-state index in [-0.39, 0.29) is 23.9 Å². The molecule has 0 radical (unpaired) electrons. The Morgan fingerprint density at radius 3 is 2.70 bits per heavy atom. The van der Waals surface area contributed by atoms with Crippen molar-refractivity contribution in [2.24, 2.45) is 7.05 Å². The predicted octanol–water partition coefficient (Wildman–Crippen LogP) is 1.39. The Hall–Kier alpha value is -2.09. The van der Waals surface area contributed by atoms with Crippen LogP contribution >= 0.6 is 11.6 Å². The van der Waals surface area contributed by atoms with Crippen molar-refractivity contribution in [1.29, 1.82) is 0 Å². The van der Waals surface area contributed by atoms with Gasteiger partial charge < -0.3 is 20.3 Å². The molecule has 0 fully saturated rings. The Kier molecular flexibility index (Phi) is 5.97. The Morgan fingerprint density at radius 1 is 1.39 bits per heavy atom. The average molecular weight is 340 g/mol. The van der Waals surface area contributed by atoms with E-state index in [1.54, 1.807) is 7.05 Å². The number of carbonyl (C=O) groups is 1. The molecule has 1 heterocycles. The fourth-order valence-electron chi connectivity index (χ4n) is 1.93. The van der Waals surface area contributed by atoms with Crippen LogP contribution in [0, 0.1) is 0 Å². The number of ether oxygens (including phenoxy) is 1. The fraction of sp³-hybridized carbons (Fsp3) is 0.333. The van der Waals surface area contributed by atoms with Crippen molar-refractivity contribution >= 4 is 17.7 Å². The zero-order valence-electron chi connectivity index (χ0n) is 12.5. The fourth-order valence-corrected chi connectivity index (χ4v) is 2.22. The summed E-state index contributed by atoms with van der Waals surface area (Å²) in [5.74, 6) is 0. The summed E-state index contributed by atoms with van der Waals surface area (Å²) in [7, 11) is 1.65. The SMILES string of the molecule is Cn1cc(Cl)c(C(O)C(O)CNC(=O)OCc2ccccc2)n1. The predicted molar refractivity (Wildman–Crippen MR) is 83.8 cm³/mol. The maximum Gasteiger partial charge on any atom is 0.407 e. The van der Waals surface area contributed by atoms with Crippen LogP contribution < -0.4 is 5.32 Å². The van der Waals surface area contributed by atoms with Crippen molar-refractivity contribution in [2.75, 3.05) is 6.54 Å². The van der Waals surface area contributed by atoms with Crippen molar-refractivity contribution < 1.29 is 19.7 Å². The summed E-state index contributed by atoms with van der Waals surface area (Å²) in [6.07, 6.45) is -1.74. The molecule has 1 aromatic heterocycles. The van der Waals surface area contributed by atoms with Crippen molar-refractivity contribution in [1.82, 2.24) is 15.1 Å². The zero-order chi connectivity index (χ0) is 16.8. The van der Waals surface area contributed by atoms with Crippen LogP contribution in [0.25, 0.3) is 0 Å². The first kappa shape index (κ1) is 17.3. The average Bonchev–Trinajstić information content (AvgIpc) is 2.89. The quantitative estimate of drug-likeness (QED) is 0.739. The number of carbonyl (C=O) groups excluding carboxylic acids is 1. The van der Waals surface area contributed by atoms with E-state index in [0.29, 0.717) is 0 Å². The first-order valence-corrected chi connectivity index (χ1v) is 7.35. The molecule has 2 atom stereocenters. The Labute approximate surface area is 138 Å². The Balaban J connectivity index is 1.78. The number of hydrogen-bond donors (Lipinski definition) is 3. The molecule has 0 spiro atoms. The van der Waals surface area contributed by atoms with Crippen LogP contribution in [-0.4, -0.2) is 38.7 Å². The summed E-state index contributed by atoms with van der Waals surface area (Å²) in [5, 5.41) is 26.5. The highest BCUT2D eigenvalue weighted by Crippen LogP contribution is 2.23. The van der Waals surface area contributed by atoms with Gasteiger partial charge in [-0.05, 0) is 5.56 Å². The van der Waals surface area contributed by atoms with E-state index in [0.717, 1.165) is 5.56 Å². The molecular formula is C15H18ClN3O4. The van der Waals surface area contributed by atoms with Gasteiger partial charge in [-0.15, -0.1) is 0 Å². The van der Waals surface area contributed by atoms with Crippen LogP contribution in [0.1, 0.15) is 17.4 Å². The zero-order valence-corrected chi connectivity index (χ0v) is 13.3. The topological polar surface area (TPSA) is 96.6 Å². The van der Waals surface area contributed by atoms with Crippen LogP contribution in [0.3, 0.4) is 0 Å². The van der Waals surface area contributed by atoms with Crippen LogP contribution in [0.15, 0.2) is 36.5 Å². The molecule has 0 aliphatic carbocycles. The minimum Gasteiger partial charge on any atom is -0.445 e. The van der Waals surface area contributed by atoms with Gasteiger partial charge in [-0.3, -0.25) is 4.68 Å². The summed E-state index contributed by atoms with van der Waals surface area (Å²) in [6, 6.07) is 9.20. The van der Waals surface area contributed by atoms with Crippen LogP contribution in [0.2, 0.25) is 5.02 Å². The number of aryl methyl sites for hydroxylation is 1. The van der Waals surface area contributed by atoms with E-state index in [4.69, 9.17) is 16.3 Å². The Bertz CT molecular complexity index is 647. The van der Waals surface area contributed by atoms with Crippen LogP contribution in [0.5, 0.6) is 0 Å². The molecule has 124 valence electrons. The van der Waals surface area contributed by atoms with E-state index in [1.165, 1.54) is 10.9 Å². The van der Waals surface area contributed by atoms with Crippen LogP contribution in [0.4, 0.5) is 4.79 Å². The third kappa shape index (κ3) is 4.95. The molecule has 7 nitrogen and oxygen atoms in total. The van der Waals surface area contributed by atoms with Crippen molar-refractivity contribution in [2.45, 2.75) is 18.8 Å². The third-order valence-electron chi connectivity index (χ3n) is 3.12. The standard InChI is InChI=1S/C15H18ClN3O4/c1-19-8-11(16)13(18-19)14(21)12(20)7-17-15(22)23-9-10-5-3-2-4-6-10/h2-6,8,12,14,20-21H,7,9H2,1H3,(H,17,22). The monoisotopic (exact) mass is 339 g/mol. The molecule has 0 aliphatic heterocycles. The van der Waals surface area contributed by atoms with Gasteiger partial charge in [-0.2, -0.15) is 5.10 Å². The maximum atomic E-state index is 11.6. The number of aliphatic hydroxyl groups is 2. The smallest absolute Gasteiger partial charge is 0.407 e. The number of aromatic nitrogens is 2. The molecule has 3 N–H and O–H groups in total. The van der Waals surface area contributed by atoms with Crippen molar-refractivity contribution in [3.63, 3.8) is 0 Å². The molecule has 2 rings (SSSR count). The van der Waals surface area contributed by atoms with E-state index in [9.17, 15) is 15.0 Å². The summed E-state index contributed by atoms with van der Waals surface area (Å²) < 4.78 is 6.43. The van der Waals surface area contributed by atoms with Crippen molar-refractivity contribution in [3.8, 4) is 0 Å². The van der Waals surface area contributed by atoms with Gasteiger partial charge in [0.2, 0.25) is 0 Å². The van der Waals surface area contributed by atoms with E-state index in [2.05, 4.69) is 10.4 Å². The molecule has 8 heteroatoms. The minimum atomic E-state index is -1.31. The molecule has 0 aliphatic rings. The van der Waals surface area contributed by atoms with Crippen molar-refractivity contribution in [3.05, 3.63) is 52.8 Å². The number of nitrogens with zero attached hydrogens (tertiary/aromatic N) is 2. The number of halogens is 1. The van der Waals surface area contributed by atoms with Gasteiger partial charge in [0.1, 0.15) is 24.5 Å². The number of alkyl carbamates (subject to hydrolysis) is 1. The van der Waals surface area contributed by atoms with Gasteiger partial charge in [-0.25, -0.2) is 4.79 Å². The maximum absolute atomic E-state index is 11.6. The normalized spacial score (nSPS) is 13.4. The van der Waals surface area contributed by atoms with Gasteiger partial charge in [0.15, 0.2) is 0 Å². The highest BCUT2D eigenvalue weighted by molar-refractivity contribution is 6.31. The van der Waals surface area contributed by atoms with Gasteiger partial charge in [0, 0.05) is 19.8 Å². The lowest BCUT2D eigenvalue weighted by atomic mass is 10.1. The molecule has 1 aromatic carbocycles. The first-order chi connectivity index (χ1) is 11.0. The first-order valence-electron chi connectivity index (χ1n) is 6.97. The lowest BCUT2D eigenvalue weighted by Gasteiger charge is -2.17. The van der Waals surface area contributed by atoms with E-state index >= 15 is 0 Å². The number of amides is 1. The minimum absolute atomic E-state index is 0.122. The molecule has 23 heavy (non-hydrogen) atoms. The lowest BCUT2D eigenvalue weighted by Crippen LogP contribution is -2.36. The molecule has 1 amide bonds. The highest BCUT2D eigenvalue weighted by Gasteiger charge is 2.24. The molecule has 2 aromatic rings. The molecule has 0 bridgehead atoms. The second-order valence-electron chi connectivity index (χ2n) is 4.99. The number of rotatable bonds is 6. The van der Waals surface area contributed by atoms with Gasteiger partial charge in [0.25, 0.3) is 0 Å². The van der Waals surface area contributed by atoms with Crippen LogP contribution in [-0.2, 0) is 18.4 Å². The molecule has 0 saturated carbocycles.